The van der Waals surface area contributed by atoms with Gasteiger partial charge in [-0.3, -0.25) is 0 Å². The van der Waals surface area contributed by atoms with Gasteiger partial charge in [0.25, 0.3) is 0 Å². The van der Waals surface area contributed by atoms with Crippen molar-refractivity contribution in [2.45, 2.75) is 6.92 Å². The number of aromatic nitrogens is 2. The van der Waals surface area contributed by atoms with E-state index in [2.05, 4.69) is 4.98 Å². The first-order chi connectivity index (χ1) is 5.68. The summed E-state index contributed by atoms with van der Waals surface area (Å²) in [7, 11) is 7.65. The van der Waals surface area contributed by atoms with Crippen LogP contribution in [-0.2, 0) is 7.05 Å². The predicted molar refractivity (Wildman–Crippen MR) is 50.8 cm³/mol. The minimum atomic E-state index is 0.783. The molecular weight excluding hydrogens is 147 g/mol. The maximum Gasteiger partial charge on any atom is 0.113 e. The van der Waals surface area contributed by atoms with E-state index >= 15 is 0 Å². The van der Waals surface area contributed by atoms with Gasteiger partial charge in [0.1, 0.15) is 13.7 Å². The topological polar surface area (TPSA) is 17.8 Å². The second-order valence-electron chi connectivity index (χ2n) is 2.97. The molecule has 0 N–H and O–H groups in total. The number of aryl methyl sites for hydroxylation is 2. The lowest BCUT2D eigenvalue weighted by Gasteiger charge is -1.96. The molecule has 0 bridgehead atoms. The highest BCUT2D eigenvalue weighted by atomic mass is 15.0. The summed E-state index contributed by atoms with van der Waals surface area (Å²) in [5.41, 5.74) is 2.88. The molecule has 3 heteroatoms. The third-order valence-corrected chi connectivity index (χ3v) is 2.13. The molecule has 1 aromatic carbocycles. The molecule has 0 saturated carbocycles. The second kappa shape index (κ2) is 2.37. The number of imidazole rings is 1. The summed E-state index contributed by atoms with van der Waals surface area (Å²) in [6, 6.07) is 5.75. The Morgan fingerprint density at radius 3 is 2.92 bits per heavy atom. The molecule has 0 unspecified atom stereocenters. The van der Waals surface area contributed by atoms with E-state index in [0.717, 1.165) is 22.3 Å². The van der Waals surface area contributed by atoms with Gasteiger partial charge in [-0.1, -0.05) is 11.5 Å². The molecule has 0 saturated heterocycles. The molecule has 0 aliphatic carbocycles. The molecule has 2 radical (unpaired) electrons. The lowest BCUT2D eigenvalue weighted by atomic mass is 9.96. The molecule has 2 nitrogen and oxygen atoms in total. The zero-order valence-corrected chi connectivity index (χ0v) is 7.20. The van der Waals surface area contributed by atoms with E-state index in [1.165, 1.54) is 0 Å². The monoisotopic (exact) mass is 156 g/mol. The third-order valence-electron chi connectivity index (χ3n) is 2.13. The molecular formula is C9H9BN2. The van der Waals surface area contributed by atoms with Crippen LogP contribution in [0.5, 0.6) is 0 Å². The van der Waals surface area contributed by atoms with Crippen molar-refractivity contribution in [2.24, 2.45) is 7.05 Å². The molecule has 2 aromatic rings. The van der Waals surface area contributed by atoms with Crippen LogP contribution in [0.3, 0.4) is 0 Å². The van der Waals surface area contributed by atoms with Crippen LogP contribution in [0.15, 0.2) is 18.2 Å². The molecule has 0 atom stereocenters. The normalized spacial score (nSPS) is 10.8. The largest absolute Gasteiger partial charge is 0.331 e. The summed E-state index contributed by atoms with van der Waals surface area (Å²) in [6.07, 6.45) is 0. The van der Waals surface area contributed by atoms with Gasteiger partial charge in [-0.15, -0.1) is 0 Å². The molecule has 0 spiro atoms. The average Bonchev–Trinajstić information content (AvgIpc) is 2.31. The van der Waals surface area contributed by atoms with E-state index in [9.17, 15) is 0 Å². The number of hydrogen-bond donors (Lipinski definition) is 0. The molecule has 0 aliphatic heterocycles. The lowest BCUT2D eigenvalue weighted by molar-refractivity contribution is 0.886. The van der Waals surface area contributed by atoms with E-state index < -0.39 is 0 Å². The average molecular weight is 156 g/mol. The van der Waals surface area contributed by atoms with Crippen LogP contribution >= 0.6 is 0 Å². The SMILES string of the molecule is [B]c1ccc2nc(C)n(C)c2c1. The summed E-state index contributed by atoms with van der Waals surface area (Å²) in [5.74, 6) is 1.01. The Balaban J connectivity index is 2.88. The van der Waals surface area contributed by atoms with Crippen molar-refractivity contribution < 1.29 is 0 Å². The Labute approximate surface area is 72.6 Å². The summed E-state index contributed by atoms with van der Waals surface area (Å²) in [4.78, 5) is 4.36. The molecule has 0 amide bonds. The minimum absolute atomic E-state index is 0.783. The standard InChI is InChI=1S/C9H9BN2/c1-6-11-8-4-3-7(10)5-9(8)12(6)2/h3-5H,1-2H3. The van der Waals surface area contributed by atoms with Gasteiger partial charge in [-0.25, -0.2) is 4.98 Å². The van der Waals surface area contributed by atoms with Crippen molar-refractivity contribution in [3.8, 4) is 0 Å². The van der Waals surface area contributed by atoms with Gasteiger partial charge in [-0.2, -0.15) is 0 Å². The van der Waals surface area contributed by atoms with Gasteiger partial charge in [0.05, 0.1) is 11.0 Å². The van der Waals surface area contributed by atoms with Crippen molar-refractivity contribution in [3.63, 3.8) is 0 Å². The molecule has 12 heavy (non-hydrogen) atoms. The maximum atomic E-state index is 5.66. The molecule has 2 rings (SSSR count). The zero-order valence-electron chi connectivity index (χ0n) is 7.20. The van der Waals surface area contributed by atoms with Gasteiger partial charge in [-0.05, 0) is 19.1 Å². The molecule has 0 aliphatic rings. The van der Waals surface area contributed by atoms with Crippen LogP contribution in [0, 0.1) is 6.92 Å². The van der Waals surface area contributed by atoms with E-state index in [-0.39, 0.29) is 0 Å². The van der Waals surface area contributed by atoms with Crippen molar-refractivity contribution in [1.29, 1.82) is 0 Å². The molecule has 58 valence electrons. The summed E-state index contributed by atoms with van der Waals surface area (Å²) < 4.78 is 2.03. The highest BCUT2D eigenvalue weighted by Crippen LogP contribution is 2.11. The maximum absolute atomic E-state index is 5.66. The van der Waals surface area contributed by atoms with Gasteiger partial charge < -0.3 is 4.57 Å². The van der Waals surface area contributed by atoms with Crippen molar-refractivity contribution in [2.75, 3.05) is 0 Å². The first kappa shape index (κ1) is 7.41. The molecule has 0 fully saturated rings. The molecule has 1 heterocycles. The van der Waals surface area contributed by atoms with E-state index in [4.69, 9.17) is 7.85 Å². The number of nitrogens with zero attached hydrogens (tertiary/aromatic N) is 2. The number of benzene rings is 1. The van der Waals surface area contributed by atoms with Crippen LogP contribution in [0.4, 0.5) is 0 Å². The number of fused-ring (bicyclic) bond motifs is 1. The highest BCUT2D eigenvalue weighted by Gasteiger charge is 2.01. The number of hydrogen-bond acceptors (Lipinski definition) is 1. The highest BCUT2D eigenvalue weighted by molar-refractivity contribution is 6.33. The Morgan fingerprint density at radius 1 is 1.42 bits per heavy atom. The fourth-order valence-electron chi connectivity index (χ4n) is 1.33. The van der Waals surface area contributed by atoms with Crippen LogP contribution in [0.2, 0.25) is 0 Å². The Morgan fingerprint density at radius 2 is 2.17 bits per heavy atom. The predicted octanol–water partition coefficient (Wildman–Crippen LogP) is 0.676. The minimum Gasteiger partial charge on any atom is -0.331 e. The van der Waals surface area contributed by atoms with E-state index in [0.29, 0.717) is 0 Å². The van der Waals surface area contributed by atoms with Gasteiger partial charge in [0.15, 0.2) is 0 Å². The fourth-order valence-corrected chi connectivity index (χ4v) is 1.33. The Kier molecular flexibility index (Phi) is 1.46. The van der Waals surface area contributed by atoms with Crippen molar-refractivity contribution in [3.05, 3.63) is 24.0 Å². The van der Waals surface area contributed by atoms with Crippen LogP contribution in [-0.4, -0.2) is 17.4 Å². The van der Waals surface area contributed by atoms with Gasteiger partial charge in [0, 0.05) is 7.05 Å². The fraction of sp³-hybridized carbons (Fsp3) is 0.222. The van der Waals surface area contributed by atoms with Crippen molar-refractivity contribution >= 4 is 24.3 Å². The third kappa shape index (κ3) is 0.933. The summed E-state index contributed by atoms with van der Waals surface area (Å²) in [6.45, 7) is 1.98. The number of rotatable bonds is 0. The van der Waals surface area contributed by atoms with Gasteiger partial charge in [0.2, 0.25) is 0 Å². The first-order valence-corrected chi connectivity index (χ1v) is 3.87. The van der Waals surface area contributed by atoms with Crippen molar-refractivity contribution in [1.82, 2.24) is 9.55 Å². The quantitative estimate of drug-likeness (QED) is 0.512. The van der Waals surface area contributed by atoms with Crippen LogP contribution < -0.4 is 5.46 Å². The summed E-state index contributed by atoms with van der Waals surface area (Å²) >= 11 is 0. The second-order valence-corrected chi connectivity index (χ2v) is 2.97. The first-order valence-electron chi connectivity index (χ1n) is 3.87. The Bertz CT molecular complexity index is 431. The zero-order chi connectivity index (χ0) is 8.72. The van der Waals surface area contributed by atoms with Crippen LogP contribution in [0.1, 0.15) is 5.82 Å². The Hall–Kier alpha value is -1.25. The van der Waals surface area contributed by atoms with E-state index in [1.807, 2.05) is 36.7 Å². The molecule has 1 aromatic heterocycles. The smallest absolute Gasteiger partial charge is 0.113 e. The summed E-state index contributed by atoms with van der Waals surface area (Å²) in [5, 5.41) is 0. The van der Waals surface area contributed by atoms with Crippen LogP contribution in [0.25, 0.3) is 11.0 Å². The van der Waals surface area contributed by atoms with E-state index in [1.54, 1.807) is 0 Å². The van der Waals surface area contributed by atoms with Gasteiger partial charge >= 0.3 is 0 Å². The lowest BCUT2D eigenvalue weighted by Crippen LogP contribution is -2.01.